The number of halogens is 1. The maximum Gasteiger partial charge on any atom is 0.101 e. The highest BCUT2D eigenvalue weighted by atomic mass is 79.9. The molecule has 4 heteroatoms. The minimum absolute atomic E-state index is 0.661. The third-order valence-corrected chi connectivity index (χ3v) is 4.30. The van der Waals surface area contributed by atoms with Gasteiger partial charge in [-0.25, -0.2) is 4.98 Å². The van der Waals surface area contributed by atoms with Crippen LogP contribution in [0.2, 0.25) is 0 Å². The van der Waals surface area contributed by atoms with E-state index in [4.69, 9.17) is 0 Å². The molecule has 106 valence electrons. The van der Waals surface area contributed by atoms with E-state index in [-0.39, 0.29) is 0 Å². The summed E-state index contributed by atoms with van der Waals surface area (Å²) in [7, 11) is 0. The molecular formula is C16H19BrN2S. The smallest absolute Gasteiger partial charge is 0.101 e. The number of nitrogens with zero attached hydrogens (tertiary/aromatic N) is 1. The van der Waals surface area contributed by atoms with Gasteiger partial charge in [0.15, 0.2) is 0 Å². The molecule has 0 radical (unpaired) electrons. The van der Waals surface area contributed by atoms with Crippen LogP contribution < -0.4 is 5.32 Å². The molecule has 0 aliphatic carbocycles. The van der Waals surface area contributed by atoms with E-state index in [1.54, 1.807) is 11.8 Å². The molecule has 0 fully saturated rings. The van der Waals surface area contributed by atoms with Gasteiger partial charge in [-0.3, -0.25) is 0 Å². The molecule has 0 aliphatic heterocycles. The second-order valence-corrected chi connectivity index (χ2v) is 7.02. The first-order chi connectivity index (χ1) is 9.65. The lowest BCUT2D eigenvalue weighted by Crippen LogP contribution is -2.19. The van der Waals surface area contributed by atoms with E-state index in [1.807, 2.05) is 24.4 Å². The Hall–Kier alpha value is -0.840. The molecular weight excluding hydrogens is 332 g/mol. The summed E-state index contributed by atoms with van der Waals surface area (Å²) >= 11 is 5.26. The molecule has 0 amide bonds. The molecule has 20 heavy (non-hydrogen) atoms. The zero-order chi connectivity index (χ0) is 14.4. The number of aromatic nitrogens is 1. The molecule has 0 saturated heterocycles. The average molecular weight is 351 g/mol. The van der Waals surface area contributed by atoms with Crippen molar-refractivity contribution in [3.63, 3.8) is 0 Å². The van der Waals surface area contributed by atoms with Crippen molar-refractivity contribution in [1.29, 1.82) is 0 Å². The fraction of sp³-hybridized carbons (Fsp3) is 0.312. The molecule has 0 atom stereocenters. The number of hydrogen-bond donors (Lipinski definition) is 1. The molecule has 0 unspecified atom stereocenters. The van der Waals surface area contributed by atoms with Crippen LogP contribution in [0.4, 0.5) is 0 Å². The van der Waals surface area contributed by atoms with Crippen molar-refractivity contribution in [1.82, 2.24) is 10.3 Å². The van der Waals surface area contributed by atoms with E-state index in [0.29, 0.717) is 5.92 Å². The quantitative estimate of drug-likeness (QED) is 0.814. The van der Waals surface area contributed by atoms with Gasteiger partial charge < -0.3 is 5.32 Å². The average Bonchev–Trinajstić information content (AvgIpc) is 2.42. The van der Waals surface area contributed by atoms with Gasteiger partial charge in [0.25, 0.3) is 0 Å². The SMILES string of the molecule is CC(C)CNCc1cc(Br)ccc1Sc1ccccn1. The maximum atomic E-state index is 4.38. The molecule has 1 N–H and O–H groups in total. The zero-order valence-electron chi connectivity index (χ0n) is 11.8. The lowest BCUT2D eigenvalue weighted by Gasteiger charge is -2.12. The van der Waals surface area contributed by atoms with E-state index >= 15 is 0 Å². The number of nitrogens with one attached hydrogen (secondary N) is 1. The zero-order valence-corrected chi connectivity index (χ0v) is 14.2. The Bertz CT molecular complexity index is 543. The first-order valence-corrected chi connectivity index (χ1v) is 8.34. The minimum atomic E-state index is 0.661. The fourth-order valence-electron chi connectivity index (χ4n) is 1.80. The summed E-state index contributed by atoms with van der Waals surface area (Å²) < 4.78 is 1.12. The van der Waals surface area contributed by atoms with Gasteiger partial charge >= 0.3 is 0 Å². The van der Waals surface area contributed by atoms with E-state index in [1.165, 1.54) is 10.5 Å². The summed E-state index contributed by atoms with van der Waals surface area (Å²) in [6.07, 6.45) is 1.83. The van der Waals surface area contributed by atoms with Crippen molar-refractivity contribution in [3.8, 4) is 0 Å². The monoisotopic (exact) mass is 350 g/mol. The normalized spacial score (nSPS) is 11.0. The van der Waals surface area contributed by atoms with Gasteiger partial charge in [-0.15, -0.1) is 0 Å². The number of benzene rings is 1. The van der Waals surface area contributed by atoms with Gasteiger partial charge in [0, 0.05) is 22.1 Å². The maximum absolute atomic E-state index is 4.38. The van der Waals surface area contributed by atoms with Crippen molar-refractivity contribution in [2.75, 3.05) is 6.54 Å². The molecule has 0 saturated carbocycles. The van der Waals surface area contributed by atoms with Crippen LogP contribution in [0, 0.1) is 5.92 Å². The van der Waals surface area contributed by atoms with Crippen LogP contribution in [0.3, 0.4) is 0 Å². The van der Waals surface area contributed by atoms with Gasteiger partial charge in [0.2, 0.25) is 0 Å². The van der Waals surface area contributed by atoms with Crippen LogP contribution in [0.15, 0.2) is 57.0 Å². The predicted molar refractivity (Wildman–Crippen MR) is 89.0 cm³/mol. The van der Waals surface area contributed by atoms with E-state index in [0.717, 1.165) is 22.6 Å². The fourth-order valence-corrected chi connectivity index (χ4v) is 3.09. The minimum Gasteiger partial charge on any atom is -0.312 e. The van der Waals surface area contributed by atoms with Crippen LogP contribution in [0.5, 0.6) is 0 Å². The Morgan fingerprint density at radius 3 is 2.80 bits per heavy atom. The standard InChI is InChI=1S/C16H19BrN2S/c1-12(2)10-18-11-13-9-14(17)6-7-15(13)20-16-5-3-4-8-19-16/h3-9,12,18H,10-11H2,1-2H3. The summed E-state index contributed by atoms with van der Waals surface area (Å²) in [5.41, 5.74) is 1.30. The second-order valence-electron chi connectivity index (χ2n) is 5.05. The van der Waals surface area contributed by atoms with Crippen LogP contribution in [0.25, 0.3) is 0 Å². The van der Waals surface area contributed by atoms with Gasteiger partial charge in [-0.2, -0.15) is 0 Å². The molecule has 0 aliphatic rings. The summed E-state index contributed by atoms with van der Waals surface area (Å²) in [6, 6.07) is 12.4. The largest absolute Gasteiger partial charge is 0.312 e. The van der Waals surface area contributed by atoms with Gasteiger partial charge in [-0.05, 0) is 48.4 Å². The summed E-state index contributed by atoms with van der Waals surface area (Å²) in [5.74, 6) is 0.661. The third kappa shape index (κ3) is 4.93. The van der Waals surface area contributed by atoms with Crippen LogP contribution >= 0.6 is 27.7 Å². The van der Waals surface area contributed by atoms with Crippen LogP contribution in [-0.2, 0) is 6.54 Å². The van der Waals surface area contributed by atoms with E-state index in [2.05, 4.69) is 58.3 Å². The van der Waals surface area contributed by atoms with Crippen molar-refractivity contribution < 1.29 is 0 Å². The highest BCUT2D eigenvalue weighted by Crippen LogP contribution is 2.30. The predicted octanol–water partition coefficient (Wildman–Crippen LogP) is 4.74. The highest BCUT2D eigenvalue weighted by Gasteiger charge is 2.06. The topological polar surface area (TPSA) is 24.9 Å². The molecule has 1 aromatic heterocycles. The van der Waals surface area contributed by atoms with E-state index < -0.39 is 0 Å². The highest BCUT2D eigenvalue weighted by molar-refractivity contribution is 9.10. The number of rotatable bonds is 6. The molecule has 0 spiro atoms. The molecule has 2 aromatic rings. The van der Waals surface area contributed by atoms with Crippen LogP contribution in [-0.4, -0.2) is 11.5 Å². The van der Waals surface area contributed by atoms with Crippen molar-refractivity contribution >= 4 is 27.7 Å². The van der Waals surface area contributed by atoms with Gasteiger partial charge in [0.1, 0.15) is 5.03 Å². The second kappa shape index (κ2) is 7.81. The Balaban J connectivity index is 2.11. The number of hydrogen-bond acceptors (Lipinski definition) is 3. The Morgan fingerprint density at radius 1 is 1.25 bits per heavy atom. The van der Waals surface area contributed by atoms with Crippen molar-refractivity contribution in [3.05, 3.63) is 52.6 Å². The molecule has 2 rings (SSSR count). The molecule has 1 aromatic carbocycles. The Kier molecular flexibility index (Phi) is 6.07. The lowest BCUT2D eigenvalue weighted by atomic mass is 10.2. The summed E-state index contributed by atoms with van der Waals surface area (Å²) in [6.45, 7) is 6.35. The Labute approximate surface area is 133 Å². The first-order valence-electron chi connectivity index (χ1n) is 6.73. The third-order valence-electron chi connectivity index (χ3n) is 2.74. The summed E-state index contributed by atoms with van der Waals surface area (Å²) in [5, 5.41) is 4.53. The van der Waals surface area contributed by atoms with Crippen molar-refractivity contribution in [2.45, 2.75) is 30.3 Å². The van der Waals surface area contributed by atoms with E-state index in [9.17, 15) is 0 Å². The Morgan fingerprint density at radius 2 is 2.10 bits per heavy atom. The lowest BCUT2D eigenvalue weighted by molar-refractivity contribution is 0.550. The van der Waals surface area contributed by atoms with Crippen LogP contribution in [0.1, 0.15) is 19.4 Å². The number of pyridine rings is 1. The summed E-state index contributed by atoms with van der Waals surface area (Å²) in [4.78, 5) is 5.63. The van der Waals surface area contributed by atoms with Gasteiger partial charge in [0.05, 0.1) is 0 Å². The molecule has 2 nitrogen and oxygen atoms in total. The molecule has 0 bridgehead atoms. The van der Waals surface area contributed by atoms with Crippen molar-refractivity contribution in [2.24, 2.45) is 5.92 Å². The van der Waals surface area contributed by atoms with Gasteiger partial charge in [-0.1, -0.05) is 47.6 Å². The molecule has 1 heterocycles. The first kappa shape index (κ1) is 15.5.